The first-order chi connectivity index (χ1) is 9.97. The molecule has 1 unspecified atom stereocenters. The molecule has 1 atom stereocenters. The van der Waals surface area contributed by atoms with Gasteiger partial charge in [-0.15, -0.1) is 0 Å². The molecule has 0 radical (unpaired) electrons. The van der Waals surface area contributed by atoms with Gasteiger partial charge in [-0.2, -0.15) is 0 Å². The van der Waals surface area contributed by atoms with Crippen molar-refractivity contribution in [2.75, 3.05) is 24.5 Å². The first-order valence-corrected chi connectivity index (χ1v) is 7.86. The number of nitrogens with one attached hydrogen (secondary N) is 1. The number of anilines is 1. The number of rotatable bonds is 6. The number of primary amides is 1. The summed E-state index contributed by atoms with van der Waals surface area (Å²) in [6.45, 7) is 9.42. The molecule has 1 aliphatic heterocycles. The van der Waals surface area contributed by atoms with Gasteiger partial charge in [0, 0.05) is 24.8 Å². The van der Waals surface area contributed by atoms with Crippen LogP contribution in [0.4, 0.5) is 5.69 Å². The fourth-order valence-electron chi connectivity index (χ4n) is 3.00. The summed E-state index contributed by atoms with van der Waals surface area (Å²) >= 11 is 0. The van der Waals surface area contributed by atoms with Gasteiger partial charge >= 0.3 is 0 Å². The van der Waals surface area contributed by atoms with Crippen molar-refractivity contribution in [2.45, 2.75) is 39.7 Å². The van der Waals surface area contributed by atoms with E-state index in [1.165, 1.54) is 12.8 Å². The van der Waals surface area contributed by atoms with Crippen molar-refractivity contribution < 1.29 is 4.79 Å². The zero-order valence-corrected chi connectivity index (χ0v) is 13.4. The largest absolute Gasteiger partial charge is 0.369 e. The third-order valence-electron chi connectivity index (χ3n) is 3.95. The van der Waals surface area contributed by atoms with Gasteiger partial charge in [0.15, 0.2) is 0 Å². The number of benzene rings is 1. The van der Waals surface area contributed by atoms with Crippen molar-refractivity contribution in [3.05, 3.63) is 29.3 Å². The zero-order valence-electron chi connectivity index (χ0n) is 13.4. The molecule has 0 bridgehead atoms. The molecule has 0 saturated carbocycles. The van der Waals surface area contributed by atoms with Gasteiger partial charge in [0.2, 0.25) is 0 Å². The monoisotopic (exact) mass is 289 g/mol. The van der Waals surface area contributed by atoms with Gasteiger partial charge in [0.1, 0.15) is 0 Å². The van der Waals surface area contributed by atoms with Gasteiger partial charge < -0.3 is 16.0 Å². The average Bonchev–Trinajstić information content (AvgIpc) is 2.90. The van der Waals surface area contributed by atoms with E-state index in [1.54, 1.807) is 0 Å². The molecule has 1 amide bonds. The molecule has 21 heavy (non-hydrogen) atoms. The lowest BCUT2D eigenvalue weighted by atomic mass is 10.1. The fourth-order valence-corrected chi connectivity index (χ4v) is 3.00. The molecule has 1 heterocycles. The SMILES string of the molecule is Cc1ccc(C(N)=O)c(N(CC(C)C)CC2CCCN2)c1. The number of hydrogen-bond donors (Lipinski definition) is 2. The number of amides is 1. The second kappa shape index (κ2) is 6.94. The Morgan fingerprint density at radius 2 is 2.24 bits per heavy atom. The number of nitrogens with zero attached hydrogens (tertiary/aromatic N) is 1. The number of nitrogens with two attached hydrogens (primary N) is 1. The molecule has 4 nitrogen and oxygen atoms in total. The minimum absolute atomic E-state index is 0.349. The van der Waals surface area contributed by atoms with Gasteiger partial charge in [-0.3, -0.25) is 4.79 Å². The maximum absolute atomic E-state index is 11.7. The Kier molecular flexibility index (Phi) is 5.23. The van der Waals surface area contributed by atoms with Gasteiger partial charge in [0.05, 0.1) is 5.56 Å². The highest BCUT2D eigenvalue weighted by atomic mass is 16.1. The molecule has 0 spiro atoms. The van der Waals surface area contributed by atoms with Crippen LogP contribution in [0.5, 0.6) is 0 Å². The molecule has 4 heteroatoms. The van der Waals surface area contributed by atoms with Crippen molar-refractivity contribution >= 4 is 11.6 Å². The Balaban J connectivity index is 2.29. The lowest BCUT2D eigenvalue weighted by molar-refractivity contribution is 0.100. The quantitative estimate of drug-likeness (QED) is 0.845. The summed E-state index contributed by atoms with van der Waals surface area (Å²) in [5.74, 6) is 0.186. The van der Waals surface area contributed by atoms with E-state index in [0.717, 1.165) is 30.9 Å². The van der Waals surface area contributed by atoms with Gasteiger partial charge in [0.25, 0.3) is 5.91 Å². The molecular weight excluding hydrogens is 262 g/mol. The van der Waals surface area contributed by atoms with E-state index in [-0.39, 0.29) is 5.91 Å². The minimum atomic E-state index is -0.349. The van der Waals surface area contributed by atoms with E-state index < -0.39 is 0 Å². The maximum Gasteiger partial charge on any atom is 0.250 e. The summed E-state index contributed by atoms with van der Waals surface area (Å²) in [5.41, 5.74) is 8.32. The molecule has 1 aliphatic rings. The molecule has 3 N–H and O–H groups in total. The number of hydrogen-bond acceptors (Lipinski definition) is 3. The van der Waals surface area contributed by atoms with Crippen LogP contribution in [0.2, 0.25) is 0 Å². The molecule has 0 aromatic heterocycles. The highest BCUT2D eigenvalue weighted by Gasteiger charge is 2.21. The lowest BCUT2D eigenvalue weighted by Gasteiger charge is -2.31. The second-order valence-corrected chi connectivity index (χ2v) is 6.48. The summed E-state index contributed by atoms with van der Waals surface area (Å²) in [5, 5.41) is 3.54. The van der Waals surface area contributed by atoms with Crippen LogP contribution in [0.3, 0.4) is 0 Å². The lowest BCUT2D eigenvalue weighted by Crippen LogP contribution is -2.40. The van der Waals surface area contributed by atoms with Crippen LogP contribution in [0.1, 0.15) is 42.6 Å². The van der Waals surface area contributed by atoms with E-state index in [1.807, 2.05) is 12.1 Å². The van der Waals surface area contributed by atoms with E-state index in [2.05, 4.69) is 37.1 Å². The second-order valence-electron chi connectivity index (χ2n) is 6.48. The van der Waals surface area contributed by atoms with E-state index in [9.17, 15) is 4.79 Å². The van der Waals surface area contributed by atoms with Crippen molar-refractivity contribution in [3.63, 3.8) is 0 Å². The van der Waals surface area contributed by atoms with Crippen LogP contribution < -0.4 is 16.0 Å². The summed E-state index contributed by atoms with van der Waals surface area (Å²) in [7, 11) is 0. The third-order valence-corrected chi connectivity index (χ3v) is 3.95. The fraction of sp³-hybridized carbons (Fsp3) is 0.588. The highest BCUT2D eigenvalue weighted by Crippen LogP contribution is 2.24. The zero-order chi connectivity index (χ0) is 15.4. The van der Waals surface area contributed by atoms with E-state index >= 15 is 0 Å². The van der Waals surface area contributed by atoms with Crippen LogP contribution >= 0.6 is 0 Å². The Labute approximate surface area is 127 Å². The van der Waals surface area contributed by atoms with Crippen LogP contribution in [-0.2, 0) is 0 Å². The van der Waals surface area contributed by atoms with Crippen molar-refractivity contribution in [3.8, 4) is 0 Å². The molecular formula is C17H27N3O. The summed E-state index contributed by atoms with van der Waals surface area (Å²) in [6, 6.07) is 6.38. The Hall–Kier alpha value is -1.55. The maximum atomic E-state index is 11.7. The number of carbonyl (C=O) groups excluding carboxylic acids is 1. The Morgan fingerprint density at radius 1 is 1.48 bits per heavy atom. The van der Waals surface area contributed by atoms with E-state index in [0.29, 0.717) is 17.5 Å². The van der Waals surface area contributed by atoms with Crippen LogP contribution in [0.25, 0.3) is 0 Å². The van der Waals surface area contributed by atoms with Gasteiger partial charge in [-0.05, 0) is 49.9 Å². The number of carbonyl (C=O) groups is 1. The predicted molar refractivity (Wildman–Crippen MR) is 87.8 cm³/mol. The Morgan fingerprint density at radius 3 is 2.81 bits per heavy atom. The summed E-state index contributed by atoms with van der Waals surface area (Å²) in [4.78, 5) is 14.1. The molecule has 1 fully saturated rings. The average molecular weight is 289 g/mol. The van der Waals surface area contributed by atoms with Crippen molar-refractivity contribution in [1.29, 1.82) is 0 Å². The predicted octanol–water partition coefficient (Wildman–Crippen LogP) is 2.31. The first-order valence-electron chi connectivity index (χ1n) is 7.86. The van der Waals surface area contributed by atoms with Crippen LogP contribution in [0, 0.1) is 12.8 Å². The van der Waals surface area contributed by atoms with Crippen molar-refractivity contribution in [1.82, 2.24) is 5.32 Å². The smallest absolute Gasteiger partial charge is 0.250 e. The van der Waals surface area contributed by atoms with E-state index in [4.69, 9.17) is 5.73 Å². The topological polar surface area (TPSA) is 58.4 Å². The van der Waals surface area contributed by atoms with Crippen LogP contribution in [0.15, 0.2) is 18.2 Å². The standard InChI is InChI=1S/C17H27N3O/c1-12(2)10-20(11-14-5-4-8-19-14)16-9-13(3)6-7-15(16)17(18)21/h6-7,9,12,14,19H,4-5,8,10-11H2,1-3H3,(H2,18,21). The highest BCUT2D eigenvalue weighted by molar-refractivity contribution is 5.98. The third kappa shape index (κ3) is 4.21. The molecule has 116 valence electrons. The molecule has 1 saturated heterocycles. The summed E-state index contributed by atoms with van der Waals surface area (Å²) in [6.07, 6.45) is 2.43. The van der Waals surface area contributed by atoms with Gasteiger partial charge in [-0.1, -0.05) is 19.9 Å². The first kappa shape index (κ1) is 15.8. The normalized spacial score (nSPS) is 18.2. The molecule has 2 rings (SSSR count). The molecule has 1 aromatic carbocycles. The van der Waals surface area contributed by atoms with Crippen molar-refractivity contribution in [2.24, 2.45) is 11.7 Å². The molecule has 0 aliphatic carbocycles. The van der Waals surface area contributed by atoms with Crippen LogP contribution in [-0.4, -0.2) is 31.6 Å². The number of aryl methyl sites for hydroxylation is 1. The molecule has 1 aromatic rings. The van der Waals surface area contributed by atoms with Gasteiger partial charge in [-0.25, -0.2) is 0 Å². The minimum Gasteiger partial charge on any atom is -0.369 e. The summed E-state index contributed by atoms with van der Waals surface area (Å²) < 4.78 is 0. The Bertz CT molecular complexity index is 493.